The molecule has 1 aromatic rings. The van der Waals surface area contributed by atoms with Gasteiger partial charge in [-0.2, -0.15) is 9.97 Å². The van der Waals surface area contributed by atoms with E-state index in [9.17, 15) is 0 Å². The third-order valence-corrected chi connectivity index (χ3v) is 7.15. The minimum Gasteiger partial charge on any atom is -0.463 e. The first-order valence-electron chi connectivity index (χ1n) is 12.3. The number of unbranched alkanes of at least 4 members (excludes halogenated alkanes) is 2. The predicted octanol–water partition coefficient (Wildman–Crippen LogP) is 4.25. The highest BCUT2D eigenvalue weighted by atomic mass is 16.5. The molecule has 2 fully saturated rings. The maximum absolute atomic E-state index is 6.12. The fourth-order valence-corrected chi connectivity index (χ4v) is 5.26. The van der Waals surface area contributed by atoms with Gasteiger partial charge in [0.05, 0.1) is 13.3 Å². The van der Waals surface area contributed by atoms with Crippen molar-refractivity contribution in [2.45, 2.75) is 83.6 Å². The van der Waals surface area contributed by atoms with Crippen molar-refractivity contribution in [3.63, 3.8) is 0 Å². The highest BCUT2D eigenvalue weighted by molar-refractivity contribution is 5.80. The maximum Gasteiger partial charge on any atom is 0.320 e. The van der Waals surface area contributed by atoms with Crippen LogP contribution < -0.4 is 20.7 Å². The van der Waals surface area contributed by atoms with Crippen molar-refractivity contribution in [1.29, 1.82) is 0 Å². The van der Waals surface area contributed by atoms with Gasteiger partial charge in [-0.3, -0.25) is 0 Å². The van der Waals surface area contributed by atoms with Crippen LogP contribution in [-0.2, 0) is 0 Å². The molecule has 0 radical (unpaired) electrons. The van der Waals surface area contributed by atoms with Crippen LogP contribution in [0.3, 0.4) is 0 Å². The van der Waals surface area contributed by atoms with Gasteiger partial charge in [0.1, 0.15) is 5.69 Å². The molecule has 7 heteroatoms. The number of piperidine rings is 1. The van der Waals surface area contributed by atoms with Crippen LogP contribution in [0.15, 0.2) is 0 Å². The number of rotatable bonds is 10. The molecular weight excluding hydrogens is 376 g/mol. The second kappa shape index (κ2) is 10.5. The number of hydrogen-bond donors (Lipinski definition) is 2. The summed E-state index contributed by atoms with van der Waals surface area (Å²) < 4.78 is 5.69. The Morgan fingerprint density at radius 3 is 2.63 bits per heavy atom. The van der Waals surface area contributed by atoms with Crippen molar-refractivity contribution < 1.29 is 4.74 Å². The molecule has 168 valence electrons. The van der Waals surface area contributed by atoms with Crippen LogP contribution in [0.5, 0.6) is 6.01 Å². The summed E-state index contributed by atoms with van der Waals surface area (Å²) in [7, 11) is 0. The van der Waals surface area contributed by atoms with Crippen LogP contribution in [0, 0.1) is 5.92 Å². The molecule has 1 aliphatic carbocycles. The number of ether oxygens (including phenoxy) is 1. The zero-order valence-corrected chi connectivity index (χ0v) is 18.7. The number of nitrogens with one attached hydrogen (secondary N) is 1. The maximum atomic E-state index is 6.12. The first-order chi connectivity index (χ1) is 14.7. The molecule has 0 amide bonds. The monoisotopic (exact) mass is 416 g/mol. The number of nitrogen functional groups attached to an aromatic ring is 1. The largest absolute Gasteiger partial charge is 0.463 e. The minimum atomic E-state index is 0.405. The molecule has 0 unspecified atom stereocenters. The lowest BCUT2D eigenvalue weighted by molar-refractivity contribution is 0.130. The minimum absolute atomic E-state index is 0.405. The quantitative estimate of drug-likeness (QED) is 0.552. The van der Waals surface area contributed by atoms with Gasteiger partial charge in [0.2, 0.25) is 0 Å². The lowest BCUT2D eigenvalue weighted by atomic mass is 9.90. The number of nitrogens with zero attached hydrogens (tertiary/aromatic N) is 4. The Kier molecular flexibility index (Phi) is 7.52. The Morgan fingerprint density at radius 2 is 1.87 bits per heavy atom. The Morgan fingerprint density at radius 1 is 1.07 bits per heavy atom. The molecule has 3 N–H and O–H groups in total. The van der Waals surface area contributed by atoms with Crippen molar-refractivity contribution >= 4 is 17.3 Å². The zero-order chi connectivity index (χ0) is 20.8. The van der Waals surface area contributed by atoms with Gasteiger partial charge < -0.3 is 25.6 Å². The van der Waals surface area contributed by atoms with Crippen LogP contribution >= 0.6 is 0 Å². The lowest BCUT2D eigenvalue weighted by Gasteiger charge is -2.36. The van der Waals surface area contributed by atoms with E-state index in [2.05, 4.69) is 32.0 Å². The van der Waals surface area contributed by atoms with Crippen molar-refractivity contribution in [1.82, 2.24) is 14.9 Å². The Hall–Kier alpha value is -1.76. The number of nitrogens with two attached hydrogens (primary N) is 1. The molecule has 1 saturated heterocycles. The topological polar surface area (TPSA) is 79.5 Å². The molecule has 4 rings (SSSR count). The second-order valence-corrected chi connectivity index (χ2v) is 9.30. The molecule has 7 nitrogen and oxygen atoms in total. The first-order valence-corrected chi connectivity index (χ1v) is 12.3. The number of hydrogen-bond acceptors (Lipinski definition) is 7. The summed E-state index contributed by atoms with van der Waals surface area (Å²) in [5.41, 5.74) is 6.98. The van der Waals surface area contributed by atoms with Crippen LogP contribution in [0.2, 0.25) is 0 Å². The van der Waals surface area contributed by atoms with E-state index in [0.717, 1.165) is 49.5 Å². The smallest absolute Gasteiger partial charge is 0.320 e. The Balaban J connectivity index is 1.19. The fourth-order valence-electron chi connectivity index (χ4n) is 5.26. The summed E-state index contributed by atoms with van der Waals surface area (Å²) in [6, 6.07) is 1.31. The number of anilines is 3. The predicted molar refractivity (Wildman–Crippen MR) is 123 cm³/mol. The van der Waals surface area contributed by atoms with Crippen LogP contribution in [0.1, 0.15) is 77.6 Å². The molecule has 1 saturated carbocycles. The second-order valence-electron chi connectivity index (χ2n) is 9.30. The number of aromatic nitrogens is 2. The zero-order valence-electron chi connectivity index (χ0n) is 18.7. The molecular formula is C23H40N6O. The van der Waals surface area contributed by atoms with E-state index in [4.69, 9.17) is 10.5 Å². The summed E-state index contributed by atoms with van der Waals surface area (Å²) in [5, 5.41) is 3.35. The molecule has 3 aliphatic rings. The highest BCUT2D eigenvalue weighted by Crippen LogP contribution is 2.35. The highest BCUT2D eigenvalue weighted by Gasteiger charge is 2.27. The van der Waals surface area contributed by atoms with Gasteiger partial charge in [0, 0.05) is 12.6 Å². The van der Waals surface area contributed by atoms with Crippen molar-refractivity contribution in [3.8, 4) is 6.01 Å². The molecule has 0 spiro atoms. The molecule has 0 aromatic carbocycles. The number of fused-ring (bicyclic) bond motifs is 1. The summed E-state index contributed by atoms with van der Waals surface area (Å²) >= 11 is 0. The van der Waals surface area contributed by atoms with E-state index in [-0.39, 0.29) is 0 Å². The molecule has 1 aromatic heterocycles. The van der Waals surface area contributed by atoms with E-state index >= 15 is 0 Å². The normalized spacial score (nSPS) is 20.5. The third kappa shape index (κ3) is 5.29. The van der Waals surface area contributed by atoms with Crippen molar-refractivity contribution in [2.24, 2.45) is 5.92 Å². The van der Waals surface area contributed by atoms with Gasteiger partial charge in [-0.1, -0.05) is 39.0 Å². The number of likely N-dealkylation sites (tertiary alicyclic amines) is 1. The van der Waals surface area contributed by atoms with Crippen LogP contribution in [0.4, 0.5) is 17.3 Å². The Labute approximate surface area is 181 Å². The van der Waals surface area contributed by atoms with Gasteiger partial charge in [-0.25, -0.2) is 0 Å². The molecule has 0 bridgehead atoms. The SMILES string of the molecule is CCCCOc1nc(N)c2c(n1)N(CCCCC1CCN(C3CCCC3)CC1)CN2. The molecule has 3 heterocycles. The van der Waals surface area contributed by atoms with Gasteiger partial charge in [0.25, 0.3) is 0 Å². The summed E-state index contributed by atoms with van der Waals surface area (Å²) in [6.45, 7) is 7.21. The molecule has 30 heavy (non-hydrogen) atoms. The van der Waals surface area contributed by atoms with Crippen LogP contribution in [0.25, 0.3) is 0 Å². The van der Waals surface area contributed by atoms with Gasteiger partial charge in [-0.15, -0.1) is 0 Å². The lowest BCUT2D eigenvalue weighted by Crippen LogP contribution is -2.40. The van der Waals surface area contributed by atoms with E-state index < -0.39 is 0 Å². The average molecular weight is 417 g/mol. The Bertz CT molecular complexity index is 670. The van der Waals surface area contributed by atoms with Gasteiger partial charge in [0.15, 0.2) is 11.6 Å². The van der Waals surface area contributed by atoms with Gasteiger partial charge >= 0.3 is 6.01 Å². The molecule has 0 atom stereocenters. The summed E-state index contributed by atoms with van der Waals surface area (Å²) in [5.74, 6) is 2.31. The van der Waals surface area contributed by atoms with E-state index in [1.807, 2.05) is 0 Å². The third-order valence-electron chi connectivity index (χ3n) is 7.15. The van der Waals surface area contributed by atoms with E-state index in [1.165, 1.54) is 70.9 Å². The fraction of sp³-hybridized carbons (Fsp3) is 0.826. The van der Waals surface area contributed by atoms with E-state index in [1.54, 1.807) is 0 Å². The van der Waals surface area contributed by atoms with Crippen LogP contribution in [-0.4, -0.2) is 53.8 Å². The molecule has 2 aliphatic heterocycles. The summed E-state index contributed by atoms with van der Waals surface area (Å²) in [6.07, 6.45) is 14.5. The first kappa shape index (κ1) is 21.5. The van der Waals surface area contributed by atoms with Crippen molar-refractivity contribution in [3.05, 3.63) is 0 Å². The summed E-state index contributed by atoms with van der Waals surface area (Å²) in [4.78, 5) is 14.0. The van der Waals surface area contributed by atoms with Crippen molar-refractivity contribution in [2.75, 3.05) is 48.9 Å². The average Bonchev–Trinajstić information content (AvgIpc) is 3.43. The standard InChI is InChI=1S/C23H40N6O/c1-2-3-16-30-23-26-21(24)20-22(27-23)29(17-25-20)13-7-6-8-18-11-14-28(15-12-18)19-9-4-5-10-19/h18-19,25H,2-17H2,1H3,(H2,24,26,27). The van der Waals surface area contributed by atoms with E-state index in [0.29, 0.717) is 18.4 Å². The van der Waals surface area contributed by atoms with Gasteiger partial charge in [-0.05, 0) is 57.5 Å².